The first-order valence-electron chi connectivity index (χ1n) is 6.89. The maximum Gasteiger partial charge on any atom is 0.326 e. The summed E-state index contributed by atoms with van der Waals surface area (Å²) in [6.45, 7) is 3.80. The van der Waals surface area contributed by atoms with Crippen molar-refractivity contribution in [3.05, 3.63) is 34.9 Å². The quantitative estimate of drug-likeness (QED) is 0.825. The number of rotatable bonds is 6. The van der Waals surface area contributed by atoms with Crippen LogP contribution < -0.4 is 5.32 Å². The summed E-state index contributed by atoms with van der Waals surface area (Å²) in [4.78, 5) is 35.4. The maximum atomic E-state index is 13.9. The zero-order valence-corrected chi connectivity index (χ0v) is 13.0. The van der Waals surface area contributed by atoms with Gasteiger partial charge in [-0.25, -0.2) is 13.6 Å². The van der Waals surface area contributed by atoms with E-state index in [9.17, 15) is 23.2 Å². The number of benzene rings is 1. The molecule has 1 unspecified atom stereocenters. The van der Waals surface area contributed by atoms with E-state index in [0.717, 1.165) is 11.0 Å². The average Bonchev–Trinajstić information content (AvgIpc) is 2.45. The Hall–Kier alpha value is -2.51. The highest BCUT2D eigenvalue weighted by molar-refractivity contribution is 5.97. The van der Waals surface area contributed by atoms with E-state index < -0.39 is 35.1 Å². The zero-order valence-electron chi connectivity index (χ0n) is 13.0. The van der Waals surface area contributed by atoms with E-state index in [4.69, 9.17) is 5.11 Å². The standard InChI is InChI=1S/C15H18F2N2O4/c1-8-6-11(13(17)7-12(8)16)14(21)19(9(2)15(22)23)5-4-18-10(3)20/h6-7,9H,4-5H2,1-3H3,(H,18,20)(H,22,23). The Morgan fingerprint density at radius 2 is 1.87 bits per heavy atom. The summed E-state index contributed by atoms with van der Waals surface area (Å²) >= 11 is 0. The van der Waals surface area contributed by atoms with Crippen LogP contribution in [0.15, 0.2) is 12.1 Å². The number of carbonyl (C=O) groups excluding carboxylic acids is 2. The van der Waals surface area contributed by atoms with Crippen molar-refractivity contribution in [2.75, 3.05) is 13.1 Å². The highest BCUT2D eigenvalue weighted by Crippen LogP contribution is 2.17. The van der Waals surface area contributed by atoms with Crippen LogP contribution in [0.1, 0.15) is 29.8 Å². The van der Waals surface area contributed by atoms with E-state index in [0.29, 0.717) is 6.07 Å². The van der Waals surface area contributed by atoms with Crippen LogP contribution in [0.4, 0.5) is 8.78 Å². The van der Waals surface area contributed by atoms with Gasteiger partial charge in [0.05, 0.1) is 5.56 Å². The molecule has 0 saturated heterocycles. The van der Waals surface area contributed by atoms with Gasteiger partial charge in [0, 0.05) is 26.1 Å². The van der Waals surface area contributed by atoms with Crippen molar-refractivity contribution >= 4 is 17.8 Å². The van der Waals surface area contributed by atoms with Crippen molar-refractivity contribution in [3.63, 3.8) is 0 Å². The first-order chi connectivity index (χ1) is 10.6. The molecule has 0 aromatic heterocycles. The summed E-state index contributed by atoms with van der Waals surface area (Å²) in [5.74, 6) is -4.37. The number of hydrogen-bond donors (Lipinski definition) is 2. The minimum Gasteiger partial charge on any atom is -0.480 e. The van der Waals surface area contributed by atoms with E-state index in [2.05, 4.69) is 5.32 Å². The summed E-state index contributed by atoms with van der Waals surface area (Å²) in [6, 6.07) is 0.383. The van der Waals surface area contributed by atoms with E-state index in [1.807, 2.05) is 0 Å². The number of nitrogens with zero attached hydrogens (tertiary/aromatic N) is 1. The largest absolute Gasteiger partial charge is 0.480 e. The van der Waals surface area contributed by atoms with Crippen molar-refractivity contribution in [2.24, 2.45) is 0 Å². The van der Waals surface area contributed by atoms with Gasteiger partial charge >= 0.3 is 5.97 Å². The van der Waals surface area contributed by atoms with Crippen molar-refractivity contribution in [1.82, 2.24) is 10.2 Å². The van der Waals surface area contributed by atoms with E-state index in [1.54, 1.807) is 0 Å². The number of hydrogen-bond acceptors (Lipinski definition) is 3. The van der Waals surface area contributed by atoms with Gasteiger partial charge in [0.15, 0.2) is 0 Å². The van der Waals surface area contributed by atoms with Gasteiger partial charge in [0.2, 0.25) is 5.91 Å². The Bertz CT molecular complexity index is 634. The van der Waals surface area contributed by atoms with Crippen LogP contribution in [0.2, 0.25) is 0 Å². The number of carbonyl (C=O) groups is 3. The molecule has 1 aromatic carbocycles. The second-order valence-electron chi connectivity index (χ2n) is 5.08. The van der Waals surface area contributed by atoms with Gasteiger partial charge in [-0.05, 0) is 25.5 Å². The molecule has 0 spiro atoms. The molecular formula is C15H18F2N2O4. The van der Waals surface area contributed by atoms with Crippen molar-refractivity contribution in [3.8, 4) is 0 Å². The predicted molar refractivity (Wildman–Crippen MR) is 77.9 cm³/mol. The molecule has 23 heavy (non-hydrogen) atoms. The Morgan fingerprint density at radius 1 is 1.26 bits per heavy atom. The molecule has 0 saturated carbocycles. The molecule has 1 atom stereocenters. The van der Waals surface area contributed by atoms with Crippen LogP contribution in [-0.2, 0) is 9.59 Å². The van der Waals surface area contributed by atoms with Gasteiger partial charge in [0.25, 0.3) is 5.91 Å². The van der Waals surface area contributed by atoms with E-state index in [-0.39, 0.29) is 24.6 Å². The molecule has 0 aliphatic heterocycles. The van der Waals surface area contributed by atoms with Crippen LogP contribution in [0.25, 0.3) is 0 Å². The number of amides is 2. The SMILES string of the molecule is CC(=O)NCCN(C(=O)c1cc(C)c(F)cc1F)C(C)C(=O)O. The van der Waals surface area contributed by atoms with Gasteiger partial charge in [-0.2, -0.15) is 0 Å². The molecule has 0 heterocycles. The topological polar surface area (TPSA) is 86.7 Å². The first kappa shape index (κ1) is 18.5. The predicted octanol–water partition coefficient (Wildman–Crippen LogP) is 1.32. The number of aliphatic carboxylic acids is 1. The monoisotopic (exact) mass is 328 g/mol. The number of carboxylic acid groups (broad SMARTS) is 1. The summed E-state index contributed by atoms with van der Waals surface area (Å²) < 4.78 is 27.1. The number of aryl methyl sites for hydroxylation is 1. The molecule has 126 valence electrons. The van der Waals surface area contributed by atoms with Crippen molar-refractivity contribution in [1.29, 1.82) is 0 Å². The Balaban J connectivity index is 3.10. The summed E-state index contributed by atoms with van der Waals surface area (Å²) in [5, 5.41) is 11.5. The van der Waals surface area contributed by atoms with E-state index in [1.165, 1.54) is 20.8 Å². The average molecular weight is 328 g/mol. The highest BCUT2D eigenvalue weighted by atomic mass is 19.1. The molecule has 2 amide bonds. The van der Waals surface area contributed by atoms with Crippen LogP contribution in [0.3, 0.4) is 0 Å². The summed E-state index contributed by atoms with van der Waals surface area (Å²) in [5.41, 5.74) is -0.348. The smallest absolute Gasteiger partial charge is 0.326 e. The molecule has 8 heteroatoms. The summed E-state index contributed by atoms with van der Waals surface area (Å²) in [6.07, 6.45) is 0. The molecule has 0 radical (unpaired) electrons. The third-order valence-corrected chi connectivity index (χ3v) is 3.29. The third-order valence-electron chi connectivity index (χ3n) is 3.29. The molecule has 0 bridgehead atoms. The minimum atomic E-state index is -1.28. The normalized spacial score (nSPS) is 11.7. The lowest BCUT2D eigenvalue weighted by molar-refractivity contribution is -0.141. The van der Waals surface area contributed by atoms with Gasteiger partial charge in [0.1, 0.15) is 17.7 Å². The molecule has 1 aromatic rings. The summed E-state index contributed by atoms with van der Waals surface area (Å²) in [7, 11) is 0. The number of carboxylic acids is 1. The Morgan fingerprint density at radius 3 is 2.39 bits per heavy atom. The van der Waals surface area contributed by atoms with Gasteiger partial charge in [-0.15, -0.1) is 0 Å². The molecule has 0 aliphatic carbocycles. The van der Waals surface area contributed by atoms with Crippen molar-refractivity contribution < 1.29 is 28.3 Å². The Labute approximate surface area is 132 Å². The van der Waals surface area contributed by atoms with Crippen LogP contribution in [-0.4, -0.2) is 46.9 Å². The fraction of sp³-hybridized carbons (Fsp3) is 0.400. The minimum absolute atomic E-state index is 0.0144. The fourth-order valence-electron chi connectivity index (χ4n) is 1.93. The third kappa shape index (κ3) is 4.73. The van der Waals surface area contributed by atoms with E-state index >= 15 is 0 Å². The first-order valence-corrected chi connectivity index (χ1v) is 6.89. The Kier molecular flexibility index (Phi) is 6.18. The number of halogens is 2. The lowest BCUT2D eigenvalue weighted by atomic mass is 10.1. The second kappa shape index (κ2) is 7.66. The molecule has 2 N–H and O–H groups in total. The molecule has 0 fully saturated rings. The maximum absolute atomic E-state index is 13.9. The van der Waals surface area contributed by atoms with Gasteiger partial charge in [-0.1, -0.05) is 0 Å². The van der Waals surface area contributed by atoms with Crippen LogP contribution in [0.5, 0.6) is 0 Å². The second-order valence-corrected chi connectivity index (χ2v) is 5.08. The van der Waals surface area contributed by atoms with Crippen LogP contribution in [0, 0.1) is 18.6 Å². The van der Waals surface area contributed by atoms with Gasteiger partial charge < -0.3 is 15.3 Å². The highest BCUT2D eigenvalue weighted by Gasteiger charge is 2.28. The molecular weight excluding hydrogens is 310 g/mol. The zero-order chi connectivity index (χ0) is 17.7. The molecule has 1 rings (SSSR count). The van der Waals surface area contributed by atoms with Gasteiger partial charge in [-0.3, -0.25) is 9.59 Å². The van der Waals surface area contributed by atoms with Crippen LogP contribution >= 0.6 is 0 Å². The lowest BCUT2D eigenvalue weighted by Gasteiger charge is -2.27. The lowest BCUT2D eigenvalue weighted by Crippen LogP contribution is -2.47. The molecule has 6 nitrogen and oxygen atoms in total. The van der Waals surface area contributed by atoms with Crippen molar-refractivity contribution in [2.45, 2.75) is 26.8 Å². The fourth-order valence-corrected chi connectivity index (χ4v) is 1.93. The number of nitrogens with one attached hydrogen (secondary N) is 1. The molecule has 0 aliphatic rings.